The van der Waals surface area contributed by atoms with Crippen LogP contribution in [0.5, 0.6) is 11.5 Å². The zero-order valence-electron chi connectivity index (χ0n) is 30.9. The van der Waals surface area contributed by atoms with Crippen molar-refractivity contribution >= 4 is 22.8 Å². The zero-order chi connectivity index (χ0) is 37.6. The molecule has 11 nitrogen and oxygen atoms in total. The molecule has 4 N–H and O–H groups in total. The second-order valence-electron chi connectivity index (χ2n) is 14.1. The molecular weight excluding hydrogens is 668 g/mol. The summed E-state index contributed by atoms with van der Waals surface area (Å²) in [5.74, 6) is 0.795. The van der Waals surface area contributed by atoms with Crippen LogP contribution >= 0.6 is 0 Å². The molecule has 3 atom stereocenters. The molecule has 53 heavy (non-hydrogen) atoms. The number of amides is 1. The molecule has 0 radical (unpaired) electrons. The standard InChI is InChI=1S/C42H54N6O5/c1-2-3-4-5-6-7-8-10-15-35(50)28-31(23-26-49)27-32(29-43)41(51)46-25-13-14-34(30-46)47-38-22-24-45-40(44)39(38)48(42(47)52)33-18-20-37(21-19-33)53-36-16-11-9-12-17-36/h9,11-12,16-22,24,27,31,34-35,49-50H,2-8,10,13-15,23,25-26,28,30H2,1H3,(H2,44,45)/t31-,34?,35?/m0/s1. The lowest BCUT2D eigenvalue weighted by atomic mass is 9.92. The van der Waals surface area contributed by atoms with E-state index in [1.54, 1.807) is 56.6 Å². The summed E-state index contributed by atoms with van der Waals surface area (Å²) in [5.41, 5.74) is 7.75. The Kier molecular flexibility index (Phi) is 14.7. The number of nitrogens with two attached hydrogens (primary N) is 1. The van der Waals surface area contributed by atoms with E-state index in [0.717, 1.165) is 19.3 Å². The predicted molar refractivity (Wildman–Crippen MR) is 208 cm³/mol. The van der Waals surface area contributed by atoms with Gasteiger partial charge in [0.15, 0.2) is 0 Å². The van der Waals surface area contributed by atoms with Crippen molar-refractivity contribution < 1.29 is 19.7 Å². The number of aliphatic hydroxyl groups excluding tert-OH is 2. The van der Waals surface area contributed by atoms with Crippen LogP contribution in [0.15, 0.2) is 83.3 Å². The van der Waals surface area contributed by atoms with Gasteiger partial charge in [-0.3, -0.25) is 13.9 Å². The highest BCUT2D eigenvalue weighted by atomic mass is 16.5. The fourth-order valence-corrected chi connectivity index (χ4v) is 7.40. The van der Waals surface area contributed by atoms with Gasteiger partial charge in [-0.25, -0.2) is 9.78 Å². The van der Waals surface area contributed by atoms with Crippen molar-refractivity contribution in [3.8, 4) is 23.3 Å². The number of hydrogen-bond donors (Lipinski definition) is 3. The molecular formula is C42H54N6O5. The summed E-state index contributed by atoms with van der Waals surface area (Å²) in [6, 6.07) is 20.1. The largest absolute Gasteiger partial charge is 0.457 e. The fourth-order valence-electron chi connectivity index (χ4n) is 7.40. The van der Waals surface area contributed by atoms with Crippen LogP contribution in [0.1, 0.15) is 96.4 Å². The number of para-hydroxylation sites is 1. The van der Waals surface area contributed by atoms with Crippen molar-refractivity contribution in [2.45, 2.75) is 103 Å². The molecule has 0 bridgehead atoms. The smallest absolute Gasteiger partial charge is 0.334 e. The molecule has 0 aliphatic carbocycles. The third-order valence-electron chi connectivity index (χ3n) is 10.2. The Morgan fingerprint density at radius 3 is 2.42 bits per heavy atom. The molecule has 1 aliphatic rings. The minimum absolute atomic E-state index is 0.00981. The van der Waals surface area contributed by atoms with Crippen LogP contribution in [0.2, 0.25) is 0 Å². The number of nitrogens with zero attached hydrogens (tertiary/aromatic N) is 5. The van der Waals surface area contributed by atoms with Crippen LogP contribution < -0.4 is 16.2 Å². The number of likely N-dealkylation sites (tertiary alicyclic amines) is 1. The number of fused-ring (bicyclic) bond motifs is 1. The van der Waals surface area contributed by atoms with Gasteiger partial charge in [0.05, 0.1) is 23.3 Å². The van der Waals surface area contributed by atoms with Gasteiger partial charge in [0.1, 0.15) is 34.5 Å². The van der Waals surface area contributed by atoms with Gasteiger partial charge < -0.3 is 25.6 Å². The van der Waals surface area contributed by atoms with E-state index < -0.39 is 12.0 Å². The molecule has 2 aromatic heterocycles. The maximum Gasteiger partial charge on any atom is 0.334 e. The number of ether oxygens (including phenoxy) is 1. The van der Waals surface area contributed by atoms with Gasteiger partial charge in [0, 0.05) is 25.9 Å². The molecule has 0 spiro atoms. The van der Waals surface area contributed by atoms with Gasteiger partial charge in [0.25, 0.3) is 5.91 Å². The van der Waals surface area contributed by atoms with E-state index in [1.165, 1.54) is 32.1 Å². The van der Waals surface area contributed by atoms with Gasteiger partial charge in [-0.15, -0.1) is 0 Å². The number of pyridine rings is 1. The molecule has 2 unspecified atom stereocenters. The molecule has 1 amide bonds. The molecule has 5 rings (SSSR count). The Morgan fingerprint density at radius 2 is 1.72 bits per heavy atom. The lowest BCUT2D eigenvalue weighted by Gasteiger charge is -2.33. The number of benzene rings is 2. The monoisotopic (exact) mass is 722 g/mol. The number of carbonyl (C=O) groups is 1. The second-order valence-corrected chi connectivity index (χ2v) is 14.1. The number of aliphatic hydroxyl groups is 2. The Hall–Kier alpha value is -4.92. The van der Waals surface area contributed by atoms with E-state index in [2.05, 4.69) is 18.0 Å². The first-order chi connectivity index (χ1) is 25.8. The van der Waals surface area contributed by atoms with Crippen LogP contribution in [0.25, 0.3) is 16.7 Å². The number of anilines is 1. The summed E-state index contributed by atoms with van der Waals surface area (Å²) in [4.78, 5) is 34.0. The maximum absolute atomic E-state index is 14.3. The first-order valence-corrected chi connectivity index (χ1v) is 19.2. The van der Waals surface area contributed by atoms with Crippen molar-refractivity contribution in [3.63, 3.8) is 0 Å². The quantitative estimate of drug-likeness (QED) is 0.0511. The summed E-state index contributed by atoms with van der Waals surface area (Å²) < 4.78 is 9.18. The maximum atomic E-state index is 14.3. The van der Waals surface area contributed by atoms with Crippen molar-refractivity contribution in [1.82, 2.24) is 19.0 Å². The summed E-state index contributed by atoms with van der Waals surface area (Å²) in [6.07, 6.45) is 14.7. The number of unbranched alkanes of at least 4 members (excludes halogenated alkanes) is 7. The Bertz CT molecular complexity index is 1900. The Balaban J connectivity index is 1.29. The highest BCUT2D eigenvalue weighted by Gasteiger charge is 2.31. The molecule has 11 heteroatoms. The van der Waals surface area contributed by atoms with Crippen molar-refractivity contribution in [2.24, 2.45) is 5.92 Å². The number of nitriles is 1. The number of rotatable bonds is 19. The molecule has 3 heterocycles. The minimum atomic E-state index is -0.573. The zero-order valence-corrected chi connectivity index (χ0v) is 30.9. The lowest BCUT2D eigenvalue weighted by Crippen LogP contribution is -2.43. The van der Waals surface area contributed by atoms with Crippen LogP contribution in [-0.4, -0.2) is 60.9 Å². The van der Waals surface area contributed by atoms with E-state index in [0.29, 0.717) is 66.9 Å². The molecule has 4 aromatic rings. The van der Waals surface area contributed by atoms with Crippen molar-refractivity contribution in [1.29, 1.82) is 5.26 Å². The van der Waals surface area contributed by atoms with E-state index >= 15 is 0 Å². The predicted octanol–water partition coefficient (Wildman–Crippen LogP) is 7.46. The van der Waals surface area contributed by atoms with Crippen LogP contribution in [0.3, 0.4) is 0 Å². The lowest BCUT2D eigenvalue weighted by molar-refractivity contribution is -0.128. The molecule has 1 fully saturated rings. The van der Waals surface area contributed by atoms with Gasteiger partial charge >= 0.3 is 5.69 Å². The van der Waals surface area contributed by atoms with Gasteiger partial charge in [-0.2, -0.15) is 5.26 Å². The highest BCUT2D eigenvalue weighted by Crippen LogP contribution is 2.30. The molecule has 2 aromatic carbocycles. The number of aromatic nitrogens is 3. The summed E-state index contributed by atoms with van der Waals surface area (Å²) in [6.45, 7) is 2.78. The van der Waals surface area contributed by atoms with Gasteiger partial charge in [-0.05, 0) is 80.5 Å². The normalized spacial score (nSPS) is 16.0. The van der Waals surface area contributed by atoms with E-state index in [-0.39, 0.29) is 42.2 Å². The first-order valence-electron chi connectivity index (χ1n) is 19.2. The second kappa shape index (κ2) is 19.8. The number of nitrogen functional groups attached to an aromatic ring is 1. The summed E-state index contributed by atoms with van der Waals surface area (Å²) in [7, 11) is 0. The SMILES string of the molecule is CCCCCCCCCCC(O)C[C@H](C=C(C#N)C(=O)N1CCCC(n2c(=O)n(-c3ccc(Oc4ccccc4)cc3)c3c(N)nccc32)C1)CCO. The molecule has 1 aliphatic heterocycles. The van der Waals surface area contributed by atoms with Crippen LogP contribution in [-0.2, 0) is 4.79 Å². The van der Waals surface area contributed by atoms with Crippen LogP contribution in [0, 0.1) is 17.2 Å². The Labute approximate surface area is 312 Å². The fraction of sp³-hybridized carbons (Fsp3) is 0.476. The summed E-state index contributed by atoms with van der Waals surface area (Å²) in [5, 5.41) is 30.7. The third-order valence-corrected chi connectivity index (χ3v) is 10.2. The van der Waals surface area contributed by atoms with E-state index in [9.17, 15) is 25.1 Å². The van der Waals surface area contributed by atoms with Crippen molar-refractivity contribution in [3.05, 3.63) is 89.0 Å². The first kappa shape index (κ1) is 39.3. The number of allylic oxidation sites excluding steroid dienone is 1. The highest BCUT2D eigenvalue weighted by molar-refractivity contribution is 5.97. The molecule has 1 saturated heterocycles. The Morgan fingerprint density at radius 1 is 1.02 bits per heavy atom. The average molecular weight is 723 g/mol. The molecule has 282 valence electrons. The van der Waals surface area contributed by atoms with Gasteiger partial charge in [0.2, 0.25) is 0 Å². The number of carbonyl (C=O) groups excluding carboxylic acids is 1. The third kappa shape index (κ3) is 10.4. The van der Waals surface area contributed by atoms with E-state index in [4.69, 9.17) is 10.5 Å². The minimum Gasteiger partial charge on any atom is -0.457 e. The number of piperidine rings is 1. The number of hydrogen-bond acceptors (Lipinski definition) is 8. The topological polar surface area (TPSA) is 160 Å². The van der Waals surface area contributed by atoms with Crippen molar-refractivity contribution in [2.75, 3.05) is 25.4 Å². The number of imidazole rings is 1. The van der Waals surface area contributed by atoms with Gasteiger partial charge in [-0.1, -0.05) is 82.6 Å². The summed E-state index contributed by atoms with van der Waals surface area (Å²) >= 11 is 0. The molecule has 0 saturated carbocycles. The average Bonchev–Trinajstić information content (AvgIpc) is 3.48. The van der Waals surface area contributed by atoms with Crippen LogP contribution in [0.4, 0.5) is 5.82 Å². The van der Waals surface area contributed by atoms with E-state index in [1.807, 2.05) is 30.3 Å².